The number of nitro groups is 1. The summed E-state index contributed by atoms with van der Waals surface area (Å²) in [7, 11) is 0. The highest BCUT2D eigenvalue weighted by Crippen LogP contribution is 2.31. The van der Waals surface area contributed by atoms with E-state index in [0.717, 1.165) is 4.47 Å². The van der Waals surface area contributed by atoms with E-state index in [4.69, 9.17) is 16.3 Å². The molecule has 1 aromatic heterocycles. The summed E-state index contributed by atoms with van der Waals surface area (Å²) in [5, 5.41) is 10.6. The number of hydrogen-bond donors (Lipinski definition) is 0. The third kappa shape index (κ3) is 2.96. The van der Waals surface area contributed by atoms with Crippen LogP contribution in [0.1, 0.15) is 0 Å². The van der Waals surface area contributed by atoms with Gasteiger partial charge in [0.2, 0.25) is 0 Å². The summed E-state index contributed by atoms with van der Waals surface area (Å²) in [4.78, 5) is 14.0. The molecule has 7 heteroatoms. The Morgan fingerprint density at radius 1 is 1.28 bits per heavy atom. The van der Waals surface area contributed by atoms with E-state index in [-0.39, 0.29) is 10.7 Å². The molecule has 0 aliphatic rings. The van der Waals surface area contributed by atoms with Crippen LogP contribution in [0.4, 0.5) is 5.69 Å². The van der Waals surface area contributed by atoms with E-state index in [1.807, 2.05) is 0 Å². The quantitative estimate of drug-likeness (QED) is 0.625. The first-order chi connectivity index (χ1) is 8.56. The van der Waals surface area contributed by atoms with Gasteiger partial charge in [-0.2, -0.15) is 0 Å². The van der Waals surface area contributed by atoms with Crippen LogP contribution in [0.25, 0.3) is 0 Å². The highest BCUT2D eigenvalue weighted by molar-refractivity contribution is 9.10. The summed E-state index contributed by atoms with van der Waals surface area (Å²) < 4.78 is 6.25. The molecule has 0 aliphatic heterocycles. The molecule has 2 aromatic rings. The van der Waals surface area contributed by atoms with Gasteiger partial charge in [0.1, 0.15) is 16.5 Å². The van der Waals surface area contributed by atoms with Crippen LogP contribution >= 0.6 is 27.5 Å². The SMILES string of the molecule is O=[N+]([O-])c1ccc(Oc2cncc(Br)c2)cc1Cl. The van der Waals surface area contributed by atoms with Crippen molar-refractivity contribution in [1.82, 2.24) is 4.98 Å². The Hall–Kier alpha value is -1.66. The zero-order valence-corrected chi connectivity index (χ0v) is 11.2. The third-order valence-electron chi connectivity index (χ3n) is 2.03. The Morgan fingerprint density at radius 3 is 2.67 bits per heavy atom. The van der Waals surface area contributed by atoms with Gasteiger partial charge >= 0.3 is 0 Å². The molecular weight excluding hydrogens is 323 g/mol. The smallest absolute Gasteiger partial charge is 0.288 e. The second kappa shape index (κ2) is 5.32. The number of ether oxygens (including phenoxy) is 1. The highest BCUT2D eigenvalue weighted by Gasteiger charge is 2.12. The molecule has 0 fully saturated rings. The molecule has 92 valence electrons. The van der Waals surface area contributed by atoms with Crippen molar-refractivity contribution in [2.45, 2.75) is 0 Å². The van der Waals surface area contributed by atoms with Crippen LogP contribution in [0.5, 0.6) is 11.5 Å². The van der Waals surface area contributed by atoms with Crippen LogP contribution in [0.3, 0.4) is 0 Å². The number of benzene rings is 1. The molecular formula is C11H6BrClN2O3. The van der Waals surface area contributed by atoms with Crippen molar-refractivity contribution in [3.8, 4) is 11.5 Å². The van der Waals surface area contributed by atoms with Gasteiger partial charge in [0.15, 0.2) is 0 Å². The van der Waals surface area contributed by atoms with Crippen LogP contribution in [-0.2, 0) is 0 Å². The topological polar surface area (TPSA) is 65.3 Å². The molecule has 0 aliphatic carbocycles. The number of rotatable bonds is 3. The van der Waals surface area contributed by atoms with Crippen molar-refractivity contribution in [2.75, 3.05) is 0 Å². The molecule has 5 nitrogen and oxygen atoms in total. The normalized spacial score (nSPS) is 10.1. The van der Waals surface area contributed by atoms with Gasteiger partial charge in [0, 0.05) is 22.8 Å². The largest absolute Gasteiger partial charge is 0.456 e. The zero-order valence-electron chi connectivity index (χ0n) is 8.84. The van der Waals surface area contributed by atoms with Gasteiger partial charge in [-0.1, -0.05) is 11.6 Å². The molecule has 0 spiro atoms. The standard InChI is InChI=1S/C11H6BrClN2O3/c12-7-3-9(6-14-5-7)18-8-1-2-11(15(16)17)10(13)4-8/h1-6H. The fourth-order valence-corrected chi connectivity index (χ4v) is 1.87. The fourth-order valence-electron chi connectivity index (χ4n) is 1.28. The van der Waals surface area contributed by atoms with Gasteiger partial charge in [-0.15, -0.1) is 0 Å². The third-order valence-corrected chi connectivity index (χ3v) is 2.77. The van der Waals surface area contributed by atoms with Crippen LogP contribution in [0.15, 0.2) is 41.1 Å². The molecule has 2 rings (SSSR count). The predicted octanol–water partition coefficient (Wildman–Crippen LogP) is 4.20. The van der Waals surface area contributed by atoms with Gasteiger partial charge in [0.25, 0.3) is 5.69 Å². The lowest BCUT2D eigenvalue weighted by Gasteiger charge is -2.05. The van der Waals surface area contributed by atoms with E-state index in [9.17, 15) is 10.1 Å². The summed E-state index contributed by atoms with van der Waals surface area (Å²) in [6.45, 7) is 0. The lowest BCUT2D eigenvalue weighted by molar-refractivity contribution is -0.384. The Labute approximate surface area is 116 Å². The first-order valence-electron chi connectivity index (χ1n) is 4.78. The van der Waals surface area contributed by atoms with Crippen LogP contribution < -0.4 is 4.74 Å². The van der Waals surface area contributed by atoms with E-state index in [0.29, 0.717) is 11.5 Å². The Bertz CT molecular complexity index is 607. The molecule has 0 bridgehead atoms. The minimum atomic E-state index is -0.549. The Morgan fingerprint density at radius 2 is 2.06 bits per heavy atom. The van der Waals surface area contributed by atoms with Crippen molar-refractivity contribution in [1.29, 1.82) is 0 Å². The average Bonchev–Trinajstić information content (AvgIpc) is 2.28. The number of nitrogens with zero attached hydrogens (tertiary/aromatic N) is 2. The van der Waals surface area contributed by atoms with Gasteiger partial charge in [-0.3, -0.25) is 15.1 Å². The summed E-state index contributed by atoms with van der Waals surface area (Å²) in [5.74, 6) is 0.916. The van der Waals surface area contributed by atoms with Crippen molar-refractivity contribution in [3.05, 3.63) is 56.3 Å². The molecule has 0 saturated heterocycles. The summed E-state index contributed by atoms with van der Waals surface area (Å²) in [6.07, 6.45) is 3.15. The summed E-state index contributed by atoms with van der Waals surface area (Å²) in [5.41, 5.74) is -0.156. The van der Waals surface area contributed by atoms with Crippen molar-refractivity contribution < 1.29 is 9.66 Å². The van der Waals surface area contributed by atoms with Crippen LogP contribution in [0, 0.1) is 10.1 Å². The van der Waals surface area contributed by atoms with E-state index in [1.54, 1.807) is 12.3 Å². The first kappa shape index (κ1) is 12.8. The maximum absolute atomic E-state index is 10.6. The second-order valence-electron chi connectivity index (χ2n) is 3.31. The maximum atomic E-state index is 10.6. The van der Waals surface area contributed by atoms with Gasteiger partial charge in [-0.05, 0) is 28.1 Å². The van der Waals surface area contributed by atoms with Crippen molar-refractivity contribution >= 4 is 33.2 Å². The van der Waals surface area contributed by atoms with E-state index < -0.39 is 4.92 Å². The van der Waals surface area contributed by atoms with Gasteiger partial charge in [-0.25, -0.2) is 0 Å². The number of pyridine rings is 1. The number of nitro benzene ring substituents is 1. The summed E-state index contributed by atoms with van der Waals surface area (Å²) >= 11 is 9.04. The molecule has 1 aromatic carbocycles. The zero-order chi connectivity index (χ0) is 13.1. The van der Waals surface area contributed by atoms with E-state index in [1.165, 1.54) is 24.4 Å². The summed E-state index contributed by atoms with van der Waals surface area (Å²) in [6, 6.07) is 5.89. The molecule has 0 unspecified atom stereocenters. The molecule has 0 amide bonds. The van der Waals surface area contributed by atoms with Gasteiger partial charge in [0.05, 0.1) is 11.1 Å². The highest BCUT2D eigenvalue weighted by atomic mass is 79.9. The van der Waals surface area contributed by atoms with Crippen LogP contribution in [-0.4, -0.2) is 9.91 Å². The van der Waals surface area contributed by atoms with E-state index >= 15 is 0 Å². The van der Waals surface area contributed by atoms with Crippen molar-refractivity contribution in [3.63, 3.8) is 0 Å². The fraction of sp³-hybridized carbons (Fsp3) is 0. The number of halogens is 2. The first-order valence-corrected chi connectivity index (χ1v) is 5.96. The predicted molar refractivity (Wildman–Crippen MR) is 70.1 cm³/mol. The minimum Gasteiger partial charge on any atom is -0.456 e. The number of hydrogen-bond acceptors (Lipinski definition) is 4. The van der Waals surface area contributed by atoms with Crippen LogP contribution in [0.2, 0.25) is 5.02 Å². The monoisotopic (exact) mass is 328 g/mol. The molecule has 0 N–H and O–H groups in total. The Kier molecular flexibility index (Phi) is 3.78. The number of aromatic nitrogens is 1. The molecule has 0 atom stereocenters. The lowest BCUT2D eigenvalue weighted by Crippen LogP contribution is -1.90. The maximum Gasteiger partial charge on any atom is 0.288 e. The second-order valence-corrected chi connectivity index (χ2v) is 4.63. The van der Waals surface area contributed by atoms with E-state index in [2.05, 4.69) is 20.9 Å². The Balaban J connectivity index is 2.25. The van der Waals surface area contributed by atoms with Crippen molar-refractivity contribution in [2.24, 2.45) is 0 Å². The molecule has 0 saturated carbocycles. The molecule has 0 radical (unpaired) electrons. The van der Waals surface area contributed by atoms with Gasteiger partial charge < -0.3 is 4.74 Å². The molecule has 1 heterocycles. The molecule has 18 heavy (non-hydrogen) atoms. The minimum absolute atomic E-state index is 0.0282. The average molecular weight is 330 g/mol. The lowest BCUT2D eigenvalue weighted by atomic mass is 10.3.